The van der Waals surface area contributed by atoms with Crippen LogP contribution in [0.2, 0.25) is 0 Å². The van der Waals surface area contributed by atoms with Crippen molar-refractivity contribution in [3.05, 3.63) is 0 Å². The fraction of sp³-hybridized carbons (Fsp3) is 1.00. The molecule has 0 aliphatic heterocycles. The van der Waals surface area contributed by atoms with E-state index in [2.05, 4.69) is 38.2 Å². The fourth-order valence-corrected chi connectivity index (χ4v) is 1.07. The largest absolute Gasteiger partial charge is 0.313 e. The van der Waals surface area contributed by atoms with Crippen molar-refractivity contribution in [2.24, 2.45) is 0 Å². The SMILES string of the molecule is CC.CC.CCNC(CC)CN(C)C. The number of hydrogen-bond acceptors (Lipinski definition) is 2. The highest BCUT2D eigenvalue weighted by molar-refractivity contribution is 4.65. The van der Waals surface area contributed by atoms with E-state index in [1.165, 1.54) is 6.42 Å². The van der Waals surface area contributed by atoms with Crippen LogP contribution in [0.5, 0.6) is 0 Å². The average molecular weight is 204 g/mol. The Hall–Kier alpha value is -0.0800. The van der Waals surface area contributed by atoms with E-state index in [1.807, 2.05) is 27.7 Å². The van der Waals surface area contributed by atoms with Crippen LogP contribution in [-0.4, -0.2) is 38.1 Å². The van der Waals surface area contributed by atoms with Gasteiger partial charge in [-0.05, 0) is 27.1 Å². The molecule has 1 atom stereocenters. The molecule has 14 heavy (non-hydrogen) atoms. The quantitative estimate of drug-likeness (QED) is 0.740. The second-order valence-electron chi connectivity index (χ2n) is 2.93. The predicted octanol–water partition coefficient (Wildman–Crippen LogP) is 2.99. The Bertz CT molecular complexity index is 72.7. The molecule has 0 rings (SSSR count). The molecule has 0 aromatic heterocycles. The fourth-order valence-electron chi connectivity index (χ4n) is 1.07. The minimum absolute atomic E-state index is 0.667. The Morgan fingerprint density at radius 2 is 1.43 bits per heavy atom. The summed E-state index contributed by atoms with van der Waals surface area (Å²) >= 11 is 0. The minimum atomic E-state index is 0.667. The van der Waals surface area contributed by atoms with Gasteiger partial charge >= 0.3 is 0 Å². The summed E-state index contributed by atoms with van der Waals surface area (Å²) in [5.41, 5.74) is 0. The minimum Gasteiger partial charge on any atom is -0.313 e. The molecule has 90 valence electrons. The van der Waals surface area contributed by atoms with Crippen LogP contribution in [0.25, 0.3) is 0 Å². The van der Waals surface area contributed by atoms with Gasteiger partial charge in [0.1, 0.15) is 0 Å². The molecule has 0 amide bonds. The van der Waals surface area contributed by atoms with E-state index in [0.29, 0.717) is 6.04 Å². The van der Waals surface area contributed by atoms with Crippen LogP contribution in [0.4, 0.5) is 0 Å². The third-order valence-electron chi connectivity index (χ3n) is 1.57. The van der Waals surface area contributed by atoms with Gasteiger partial charge in [-0.25, -0.2) is 0 Å². The number of rotatable bonds is 5. The molecule has 0 saturated heterocycles. The van der Waals surface area contributed by atoms with Gasteiger partial charge in [0.2, 0.25) is 0 Å². The van der Waals surface area contributed by atoms with Crippen LogP contribution >= 0.6 is 0 Å². The summed E-state index contributed by atoms with van der Waals surface area (Å²) in [6, 6.07) is 0.667. The van der Waals surface area contributed by atoms with Gasteiger partial charge in [0.25, 0.3) is 0 Å². The first-order valence-electron chi connectivity index (χ1n) is 6.08. The third-order valence-corrected chi connectivity index (χ3v) is 1.57. The molecule has 0 radical (unpaired) electrons. The zero-order chi connectivity index (χ0) is 12.0. The maximum atomic E-state index is 3.42. The Balaban J connectivity index is -0.000000266. The Morgan fingerprint density at radius 3 is 1.64 bits per heavy atom. The predicted molar refractivity (Wildman–Crippen MR) is 69.0 cm³/mol. The molecule has 0 aromatic rings. The summed E-state index contributed by atoms with van der Waals surface area (Å²) in [7, 11) is 4.22. The molecule has 0 spiro atoms. The van der Waals surface area contributed by atoms with Crippen LogP contribution in [0.1, 0.15) is 48.0 Å². The highest BCUT2D eigenvalue weighted by Crippen LogP contribution is 1.91. The summed E-state index contributed by atoms with van der Waals surface area (Å²) in [6.07, 6.45) is 1.21. The third kappa shape index (κ3) is 17.9. The van der Waals surface area contributed by atoms with Crippen molar-refractivity contribution < 1.29 is 0 Å². The lowest BCUT2D eigenvalue weighted by molar-refractivity contribution is 0.335. The second kappa shape index (κ2) is 18.7. The van der Waals surface area contributed by atoms with Crippen molar-refractivity contribution in [3.8, 4) is 0 Å². The van der Waals surface area contributed by atoms with Crippen molar-refractivity contribution in [2.45, 2.75) is 54.0 Å². The molecule has 2 heteroatoms. The summed E-state index contributed by atoms with van der Waals surface area (Å²) in [5.74, 6) is 0. The molecule has 0 aliphatic rings. The standard InChI is InChI=1S/C8H20N2.2C2H6/c1-5-8(9-6-2)7-10(3)4;2*1-2/h8-9H,5-7H2,1-4H3;2*1-2H3. The van der Waals surface area contributed by atoms with Crippen molar-refractivity contribution in [2.75, 3.05) is 27.2 Å². The molecule has 1 N–H and O–H groups in total. The smallest absolute Gasteiger partial charge is 0.0192 e. The maximum absolute atomic E-state index is 3.42. The Labute approximate surface area is 92.1 Å². The lowest BCUT2D eigenvalue weighted by atomic mass is 10.2. The summed E-state index contributed by atoms with van der Waals surface area (Å²) in [5, 5.41) is 3.42. The maximum Gasteiger partial charge on any atom is 0.0192 e. The van der Waals surface area contributed by atoms with Crippen LogP contribution in [0.15, 0.2) is 0 Å². The molecule has 0 bridgehead atoms. The molecule has 0 fully saturated rings. The lowest BCUT2D eigenvalue weighted by Gasteiger charge is -2.19. The van der Waals surface area contributed by atoms with Crippen LogP contribution in [0.3, 0.4) is 0 Å². The van der Waals surface area contributed by atoms with Gasteiger partial charge in [0.15, 0.2) is 0 Å². The zero-order valence-electron chi connectivity index (χ0n) is 11.6. The first-order valence-corrected chi connectivity index (χ1v) is 6.08. The molecule has 1 unspecified atom stereocenters. The number of nitrogens with one attached hydrogen (secondary N) is 1. The monoisotopic (exact) mass is 204 g/mol. The van der Waals surface area contributed by atoms with Gasteiger partial charge in [-0.2, -0.15) is 0 Å². The van der Waals surface area contributed by atoms with E-state index in [0.717, 1.165) is 13.1 Å². The number of likely N-dealkylation sites (N-methyl/N-ethyl adjacent to an activating group) is 2. The summed E-state index contributed by atoms with van der Waals surface area (Å²) in [6.45, 7) is 14.6. The highest BCUT2D eigenvalue weighted by Gasteiger charge is 2.03. The number of hydrogen-bond donors (Lipinski definition) is 1. The Morgan fingerprint density at radius 1 is 1.00 bits per heavy atom. The molecular weight excluding hydrogens is 172 g/mol. The number of nitrogens with zero attached hydrogens (tertiary/aromatic N) is 1. The van der Waals surface area contributed by atoms with Gasteiger partial charge < -0.3 is 10.2 Å². The summed E-state index contributed by atoms with van der Waals surface area (Å²) in [4.78, 5) is 2.22. The summed E-state index contributed by atoms with van der Waals surface area (Å²) < 4.78 is 0. The Kier molecular flexibility index (Phi) is 26.0. The van der Waals surface area contributed by atoms with Crippen molar-refractivity contribution in [1.82, 2.24) is 10.2 Å². The lowest BCUT2D eigenvalue weighted by Crippen LogP contribution is -2.37. The highest BCUT2D eigenvalue weighted by atomic mass is 15.1. The van der Waals surface area contributed by atoms with E-state index in [9.17, 15) is 0 Å². The second-order valence-corrected chi connectivity index (χ2v) is 2.93. The van der Waals surface area contributed by atoms with Gasteiger partial charge in [-0.1, -0.05) is 41.5 Å². The molecule has 0 heterocycles. The van der Waals surface area contributed by atoms with E-state index < -0.39 is 0 Å². The van der Waals surface area contributed by atoms with E-state index in [1.54, 1.807) is 0 Å². The van der Waals surface area contributed by atoms with E-state index in [4.69, 9.17) is 0 Å². The van der Waals surface area contributed by atoms with Gasteiger partial charge in [-0.15, -0.1) is 0 Å². The molecule has 2 nitrogen and oxygen atoms in total. The zero-order valence-corrected chi connectivity index (χ0v) is 11.6. The molecular formula is C12H32N2. The van der Waals surface area contributed by atoms with Crippen LogP contribution < -0.4 is 5.32 Å². The van der Waals surface area contributed by atoms with Crippen molar-refractivity contribution in [1.29, 1.82) is 0 Å². The van der Waals surface area contributed by atoms with Gasteiger partial charge in [-0.3, -0.25) is 0 Å². The van der Waals surface area contributed by atoms with Gasteiger partial charge in [0.05, 0.1) is 0 Å². The van der Waals surface area contributed by atoms with Crippen LogP contribution in [-0.2, 0) is 0 Å². The average Bonchev–Trinajstić information content (AvgIpc) is 2.22. The topological polar surface area (TPSA) is 15.3 Å². The van der Waals surface area contributed by atoms with Crippen molar-refractivity contribution in [3.63, 3.8) is 0 Å². The molecule has 0 aliphatic carbocycles. The normalized spacial score (nSPS) is 10.9. The van der Waals surface area contributed by atoms with E-state index in [-0.39, 0.29) is 0 Å². The molecule has 0 saturated carbocycles. The molecule has 0 aromatic carbocycles. The first-order chi connectivity index (χ1) is 6.70. The van der Waals surface area contributed by atoms with Gasteiger partial charge in [0, 0.05) is 12.6 Å². The van der Waals surface area contributed by atoms with E-state index >= 15 is 0 Å². The van der Waals surface area contributed by atoms with Crippen molar-refractivity contribution >= 4 is 0 Å². The first kappa shape index (κ1) is 19.5. The van der Waals surface area contributed by atoms with Crippen LogP contribution in [0, 0.1) is 0 Å².